The van der Waals surface area contributed by atoms with Crippen LogP contribution in [0.25, 0.3) is 0 Å². The Morgan fingerprint density at radius 1 is 0.893 bits per heavy atom. The first-order valence-electron chi connectivity index (χ1n) is 11.9. The van der Waals surface area contributed by atoms with Crippen LogP contribution in [0.5, 0.6) is 0 Å². The van der Waals surface area contributed by atoms with Gasteiger partial charge in [-0.1, -0.05) is 13.8 Å². The third-order valence-electron chi connectivity index (χ3n) is 11.5. The molecule has 4 heteroatoms. The van der Waals surface area contributed by atoms with Gasteiger partial charge in [-0.15, -0.1) is 0 Å². The summed E-state index contributed by atoms with van der Waals surface area (Å²) in [6.07, 6.45) is 7.91. The summed E-state index contributed by atoms with van der Waals surface area (Å²) < 4.78 is 0. The quantitative estimate of drug-likeness (QED) is 0.556. The second kappa shape index (κ2) is 5.36. The third kappa shape index (κ3) is 1.89. The number of hydrogen-bond acceptors (Lipinski definition) is 4. The first kappa shape index (κ1) is 18.6. The van der Waals surface area contributed by atoms with Gasteiger partial charge in [0.2, 0.25) is 0 Å². The van der Waals surface area contributed by atoms with Gasteiger partial charge in [0, 0.05) is 13.0 Å². The Kier molecular flexibility index (Phi) is 3.56. The molecule has 6 saturated carbocycles. The van der Waals surface area contributed by atoms with Gasteiger partial charge in [0.05, 0.1) is 17.3 Å². The van der Waals surface area contributed by atoms with Crippen molar-refractivity contribution in [3.63, 3.8) is 0 Å². The second-order valence-electron chi connectivity index (χ2n) is 12.2. The predicted molar refractivity (Wildman–Crippen MR) is 105 cm³/mol. The lowest BCUT2D eigenvalue weighted by molar-refractivity contribution is -0.237. The summed E-state index contributed by atoms with van der Waals surface area (Å²) in [5.41, 5.74) is -1.38. The molecule has 0 aromatic carbocycles. The van der Waals surface area contributed by atoms with E-state index in [1.54, 1.807) is 0 Å². The molecule has 4 N–H and O–H groups in total. The first-order chi connectivity index (χ1) is 13.2. The molecule has 0 aromatic rings. The molecular formula is C24H38O4. The van der Waals surface area contributed by atoms with E-state index in [9.17, 15) is 20.4 Å². The van der Waals surface area contributed by atoms with E-state index in [0.29, 0.717) is 54.3 Å². The van der Waals surface area contributed by atoms with E-state index in [1.807, 2.05) is 0 Å². The molecule has 6 fully saturated rings. The molecule has 4 nitrogen and oxygen atoms in total. The minimum atomic E-state index is -0.682. The Bertz CT molecular complexity index is 696. The van der Waals surface area contributed by atoms with E-state index in [1.165, 1.54) is 6.42 Å². The van der Waals surface area contributed by atoms with Crippen LogP contribution in [0.2, 0.25) is 0 Å². The molecule has 12 atom stereocenters. The summed E-state index contributed by atoms with van der Waals surface area (Å²) in [6.45, 7) is 4.87. The van der Waals surface area contributed by atoms with Crippen LogP contribution in [0.1, 0.15) is 71.6 Å². The third-order valence-corrected chi connectivity index (χ3v) is 11.5. The smallest absolute Gasteiger partial charge is 0.0759 e. The molecule has 0 aromatic heterocycles. The standard InChI is InChI=1S/C24H38O4/c1-21-7-4-13(26)12-24(21,28)17-10-14(17)19-16(21)5-8-22(2)20(19)15-11-18(15)23(22,27)6-3-9-25/h13-20,25-28H,3-12H2,1-2H3/t13-,14-,15+,16-,17+,18-,19+,20-,21+,22-,23-,24+/m0/s1/i3+1,6+1,9+1. The Morgan fingerprint density at radius 3 is 2.36 bits per heavy atom. The summed E-state index contributed by atoms with van der Waals surface area (Å²) in [5, 5.41) is 43.4. The number of hydrogen-bond donors (Lipinski definition) is 4. The van der Waals surface area contributed by atoms with Gasteiger partial charge in [-0.05, 0) is 104 Å². The summed E-state index contributed by atoms with van der Waals surface area (Å²) in [4.78, 5) is 0. The molecule has 0 amide bonds. The Balaban J connectivity index is 1.38. The Hall–Kier alpha value is -0.160. The van der Waals surface area contributed by atoms with Gasteiger partial charge >= 0.3 is 0 Å². The molecule has 6 aliphatic rings. The molecule has 0 radical (unpaired) electrons. The molecule has 158 valence electrons. The number of aliphatic hydroxyl groups is 4. The Labute approximate surface area is 168 Å². The van der Waals surface area contributed by atoms with E-state index in [-0.39, 0.29) is 23.5 Å². The lowest BCUT2D eigenvalue weighted by Crippen LogP contribution is -2.65. The SMILES string of the molecule is C[C@]12CC[C@H]3[C@@H]([C@H]4C[C@H]4[C@]4(O)C[C@@H](O)CC[C@]34C)[C@@H]1[C@@H]1C[C@@H]1[C@@]2(O)[13CH2][13CH2][13CH2]O. The maximum absolute atomic E-state index is 11.9. The van der Waals surface area contributed by atoms with Crippen molar-refractivity contribution in [2.45, 2.75) is 88.9 Å². The highest BCUT2D eigenvalue weighted by Crippen LogP contribution is 2.82. The number of aliphatic hydroxyl groups excluding tert-OH is 2. The van der Waals surface area contributed by atoms with Gasteiger partial charge in [-0.3, -0.25) is 0 Å². The minimum Gasteiger partial charge on any atom is -0.396 e. The van der Waals surface area contributed by atoms with Crippen LogP contribution >= 0.6 is 0 Å². The van der Waals surface area contributed by atoms with Crippen molar-refractivity contribution in [3.05, 3.63) is 0 Å². The van der Waals surface area contributed by atoms with Crippen molar-refractivity contribution in [2.75, 3.05) is 6.61 Å². The highest BCUT2D eigenvalue weighted by atomic mass is 16.3. The zero-order valence-corrected chi connectivity index (χ0v) is 17.5. The van der Waals surface area contributed by atoms with Crippen LogP contribution in [-0.2, 0) is 0 Å². The topological polar surface area (TPSA) is 80.9 Å². The highest BCUT2D eigenvalue weighted by Gasteiger charge is 2.80. The molecule has 6 aliphatic carbocycles. The van der Waals surface area contributed by atoms with Crippen molar-refractivity contribution in [1.29, 1.82) is 0 Å². The molecule has 6 rings (SSSR count). The molecule has 0 aliphatic heterocycles. The fraction of sp³-hybridized carbons (Fsp3) is 1.00. The fourth-order valence-electron chi connectivity index (χ4n) is 10.1. The predicted octanol–water partition coefficient (Wildman–Crippen LogP) is 2.72. The van der Waals surface area contributed by atoms with Gasteiger partial charge in [0.25, 0.3) is 0 Å². The van der Waals surface area contributed by atoms with Crippen molar-refractivity contribution >= 4 is 0 Å². The van der Waals surface area contributed by atoms with E-state index in [2.05, 4.69) is 13.8 Å². The lowest BCUT2D eigenvalue weighted by atomic mass is 9.42. The van der Waals surface area contributed by atoms with E-state index in [0.717, 1.165) is 38.5 Å². The molecule has 0 spiro atoms. The largest absolute Gasteiger partial charge is 0.396 e. The number of fused-ring (bicyclic) bond motifs is 10. The van der Waals surface area contributed by atoms with Crippen molar-refractivity contribution in [2.24, 2.45) is 52.3 Å². The number of rotatable bonds is 3. The fourth-order valence-corrected chi connectivity index (χ4v) is 10.1. The van der Waals surface area contributed by atoms with Gasteiger partial charge < -0.3 is 20.4 Å². The van der Waals surface area contributed by atoms with Crippen LogP contribution < -0.4 is 0 Å². The van der Waals surface area contributed by atoms with Crippen LogP contribution in [-0.4, -0.2) is 44.3 Å². The summed E-state index contributed by atoms with van der Waals surface area (Å²) in [6, 6.07) is 0. The monoisotopic (exact) mass is 393 g/mol. The van der Waals surface area contributed by atoms with Crippen LogP contribution in [0.4, 0.5) is 0 Å². The minimum absolute atomic E-state index is 0.0238. The molecule has 0 heterocycles. The molecule has 0 saturated heterocycles. The highest BCUT2D eigenvalue weighted by molar-refractivity contribution is 5.29. The van der Waals surface area contributed by atoms with Crippen LogP contribution in [0.3, 0.4) is 0 Å². The summed E-state index contributed by atoms with van der Waals surface area (Å²) in [7, 11) is 0. The van der Waals surface area contributed by atoms with Crippen molar-refractivity contribution in [1.82, 2.24) is 0 Å². The van der Waals surface area contributed by atoms with E-state index >= 15 is 0 Å². The molecule has 0 unspecified atom stereocenters. The van der Waals surface area contributed by atoms with Crippen LogP contribution in [0, 0.1) is 52.3 Å². The maximum atomic E-state index is 11.9. The molecule has 0 bridgehead atoms. The van der Waals surface area contributed by atoms with Gasteiger partial charge in [0.1, 0.15) is 0 Å². The molecule has 28 heavy (non-hydrogen) atoms. The molecular weight excluding hydrogens is 355 g/mol. The van der Waals surface area contributed by atoms with E-state index in [4.69, 9.17) is 0 Å². The van der Waals surface area contributed by atoms with Crippen molar-refractivity contribution < 1.29 is 20.4 Å². The van der Waals surface area contributed by atoms with Gasteiger partial charge in [0.15, 0.2) is 0 Å². The van der Waals surface area contributed by atoms with Crippen LogP contribution in [0.15, 0.2) is 0 Å². The summed E-state index contributed by atoms with van der Waals surface area (Å²) in [5.74, 6) is 3.82. The first-order valence-corrected chi connectivity index (χ1v) is 11.9. The van der Waals surface area contributed by atoms with E-state index < -0.39 is 11.2 Å². The summed E-state index contributed by atoms with van der Waals surface area (Å²) >= 11 is 0. The average Bonchev–Trinajstić information content (AvgIpc) is 3.54. The van der Waals surface area contributed by atoms with Crippen molar-refractivity contribution in [3.8, 4) is 0 Å². The maximum Gasteiger partial charge on any atom is 0.0759 e. The average molecular weight is 394 g/mol. The van der Waals surface area contributed by atoms with Gasteiger partial charge in [-0.2, -0.15) is 0 Å². The zero-order chi connectivity index (χ0) is 19.7. The zero-order valence-electron chi connectivity index (χ0n) is 17.5. The second-order valence-corrected chi connectivity index (χ2v) is 12.2. The van der Waals surface area contributed by atoms with Gasteiger partial charge in [-0.25, -0.2) is 0 Å². The lowest BCUT2D eigenvalue weighted by Gasteiger charge is -2.64. The Morgan fingerprint density at radius 2 is 1.61 bits per heavy atom. The normalized spacial score (nSPS) is 66.2.